The molecule has 1 atom stereocenters. The van der Waals surface area contributed by atoms with E-state index in [4.69, 9.17) is 6.42 Å². The third-order valence-corrected chi connectivity index (χ3v) is 4.66. The Labute approximate surface area is 142 Å². The summed E-state index contributed by atoms with van der Waals surface area (Å²) >= 11 is 0. The topological polar surface area (TPSA) is 82.5 Å². The van der Waals surface area contributed by atoms with Gasteiger partial charge in [-0.2, -0.15) is 28.5 Å². The number of H-pyrrole nitrogens is 1. The molecule has 6 nitrogen and oxygen atoms in total. The predicted molar refractivity (Wildman–Crippen MR) is 82.4 cm³/mol. The van der Waals surface area contributed by atoms with E-state index in [1.165, 1.54) is 0 Å². The fourth-order valence-corrected chi connectivity index (χ4v) is 3.15. The Balaban J connectivity index is 1.53. The van der Waals surface area contributed by atoms with Crippen LogP contribution in [-0.2, 0) is 23.8 Å². The van der Waals surface area contributed by atoms with E-state index in [1.54, 1.807) is 0 Å². The highest BCUT2D eigenvalue weighted by atomic mass is 19.4. The zero-order valence-corrected chi connectivity index (χ0v) is 13.5. The van der Waals surface area contributed by atoms with Crippen LogP contribution in [0.25, 0.3) is 0 Å². The van der Waals surface area contributed by atoms with Crippen LogP contribution in [0.15, 0.2) is 10.2 Å². The number of aromatic amines is 1. The first kappa shape index (κ1) is 17.5. The van der Waals surface area contributed by atoms with Crippen molar-refractivity contribution in [2.45, 2.75) is 50.4 Å². The Morgan fingerprint density at radius 3 is 2.80 bits per heavy atom. The molecule has 1 aliphatic heterocycles. The van der Waals surface area contributed by atoms with Crippen LogP contribution < -0.4 is 5.32 Å². The van der Waals surface area contributed by atoms with Gasteiger partial charge in [0.05, 0.1) is 0 Å². The minimum absolute atomic E-state index is 0.0451. The van der Waals surface area contributed by atoms with Crippen molar-refractivity contribution < 1.29 is 18.0 Å². The number of nitrogens with one attached hydrogen (secondary N) is 2. The second-order valence-corrected chi connectivity index (χ2v) is 6.39. The van der Waals surface area contributed by atoms with Gasteiger partial charge in [-0.3, -0.25) is 9.89 Å². The van der Waals surface area contributed by atoms with Crippen molar-refractivity contribution in [1.29, 1.82) is 0 Å². The first-order chi connectivity index (χ1) is 11.8. The van der Waals surface area contributed by atoms with Crippen LogP contribution in [0.4, 0.5) is 13.2 Å². The van der Waals surface area contributed by atoms with Crippen LogP contribution in [0.5, 0.6) is 0 Å². The quantitative estimate of drug-likeness (QED) is 0.771. The maximum atomic E-state index is 13.0. The average Bonchev–Trinajstić information content (AvgIpc) is 3.19. The van der Waals surface area contributed by atoms with Crippen molar-refractivity contribution in [3.05, 3.63) is 17.0 Å². The Hall–Kier alpha value is -2.37. The molecule has 2 aliphatic rings. The van der Waals surface area contributed by atoms with Gasteiger partial charge in [0, 0.05) is 43.0 Å². The molecular weight excluding hydrogens is 335 g/mol. The SMILES string of the molecule is C#CCCC1(CCNC(=O)C2CCc3[nH]nc(C(F)(F)F)c3C2)N=N1. The molecule has 134 valence electrons. The smallest absolute Gasteiger partial charge is 0.356 e. The second-order valence-electron chi connectivity index (χ2n) is 6.39. The van der Waals surface area contributed by atoms with Gasteiger partial charge in [0.1, 0.15) is 0 Å². The number of amides is 1. The first-order valence-electron chi connectivity index (χ1n) is 8.13. The number of rotatable bonds is 6. The molecule has 0 radical (unpaired) electrons. The summed E-state index contributed by atoms with van der Waals surface area (Å²) in [6.07, 6.45) is 3.39. The number of hydrogen-bond donors (Lipinski definition) is 2. The summed E-state index contributed by atoms with van der Waals surface area (Å²) in [5, 5.41) is 16.6. The van der Waals surface area contributed by atoms with Crippen molar-refractivity contribution in [1.82, 2.24) is 15.5 Å². The molecule has 1 unspecified atom stereocenters. The lowest BCUT2D eigenvalue weighted by molar-refractivity contribution is -0.142. The highest BCUT2D eigenvalue weighted by molar-refractivity contribution is 5.79. The van der Waals surface area contributed by atoms with Crippen LogP contribution >= 0.6 is 0 Å². The summed E-state index contributed by atoms with van der Waals surface area (Å²) in [7, 11) is 0. The second kappa shape index (κ2) is 6.50. The lowest BCUT2D eigenvalue weighted by Crippen LogP contribution is -2.36. The molecule has 1 aliphatic carbocycles. The predicted octanol–water partition coefficient (Wildman–Crippen LogP) is 2.62. The Morgan fingerprint density at radius 1 is 1.40 bits per heavy atom. The van der Waals surface area contributed by atoms with Crippen LogP contribution in [0.2, 0.25) is 0 Å². The lowest BCUT2D eigenvalue weighted by Gasteiger charge is -2.22. The molecule has 0 spiro atoms. The van der Waals surface area contributed by atoms with E-state index < -0.39 is 23.5 Å². The number of fused-ring (bicyclic) bond motifs is 1. The Bertz CT molecular complexity index is 725. The summed E-state index contributed by atoms with van der Waals surface area (Å²) in [5.41, 5.74) is -0.812. The molecule has 2 N–H and O–H groups in total. The third kappa shape index (κ3) is 3.83. The fourth-order valence-electron chi connectivity index (χ4n) is 3.15. The standard InChI is InChI=1S/C16H18F3N5O/c1-2-3-6-15(23-24-15)7-8-20-14(25)10-4-5-12-11(9-10)13(22-21-12)16(17,18)19/h1,10H,3-9H2,(H,20,25)(H,21,22). The molecule has 0 saturated carbocycles. The van der Waals surface area contributed by atoms with Crippen LogP contribution in [0.3, 0.4) is 0 Å². The van der Waals surface area contributed by atoms with Gasteiger partial charge in [0.2, 0.25) is 5.91 Å². The van der Waals surface area contributed by atoms with Gasteiger partial charge in [-0.15, -0.1) is 12.3 Å². The average molecular weight is 353 g/mol. The van der Waals surface area contributed by atoms with E-state index in [1.807, 2.05) is 0 Å². The number of carbonyl (C=O) groups excluding carboxylic acids is 1. The summed E-state index contributed by atoms with van der Waals surface area (Å²) in [5.74, 6) is 1.80. The van der Waals surface area contributed by atoms with Crippen LogP contribution in [0, 0.1) is 18.3 Å². The number of nitrogens with zero attached hydrogens (tertiary/aromatic N) is 3. The van der Waals surface area contributed by atoms with Gasteiger partial charge >= 0.3 is 6.18 Å². The maximum Gasteiger partial charge on any atom is 0.435 e. The minimum atomic E-state index is -4.51. The van der Waals surface area contributed by atoms with Gasteiger partial charge in [-0.1, -0.05) is 0 Å². The number of terminal acetylenes is 1. The van der Waals surface area contributed by atoms with Crippen molar-refractivity contribution >= 4 is 5.91 Å². The molecule has 0 fully saturated rings. The number of aryl methyl sites for hydroxylation is 1. The number of alkyl halides is 3. The van der Waals surface area contributed by atoms with Crippen molar-refractivity contribution in [3.63, 3.8) is 0 Å². The largest absolute Gasteiger partial charge is 0.435 e. The highest BCUT2D eigenvalue weighted by Crippen LogP contribution is 2.37. The number of aromatic nitrogens is 2. The van der Waals surface area contributed by atoms with Crippen molar-refractivity contribution in [2.24, 2.45) is 16.1 Å². The molecule has 2 heterocycles. The van der Waals surface area contributed by atoms with Crippen molar-refractivity contribution in [3.8, 4) is 12.3 Å². The molecule has 25 heavy (non-hydrogen) atoms. The Kier molecular flexibility index (Phi) is 4.54. The molecule has 0 bridgehead atoms. The summed E-state index contributed by atoms with van der Waals surface area (Å²) in [6.45, 7) is 0.372. The first-order valence-corrected chi connectivity index (χ1v) is 8.13. The van der Waals surface area contributed by atoms with E-state index in [9.17, 15) is 18.0 Å². The molecule has 9 heteroatoms. The number of hydrogen-bond acceptors (Lipinski definition) is 4. The summed E-state index contributed by atoms with van der Waals surface area (Å²) in [6, 6.07) is 0. The number of carbonyl (C=O) groups is 1. The molecule has 0 saturated heterocycles. The van der Waals surface area contributed by atoms with Crippen molar-refractivity contribution in [2.75, 3.05) is 6.54 Å². The summed E-state index contributed by atoms with van der Waals surface area (Å²) in [4.78, 5) is 12.3. The normalized spacial score (nSPS) is 20.6. The molecule has 3 rings (SSSR count). The van der Waals surface area contributed by atoms with Crippen LogP contribution in [0.1, 0.15) is 42.6 Å². The molecule has 0 aromatic carbocycles. The van der Waals surface area contributed by atoms with E-state index in [2.05, 4.69) is 31.7 Å². The molecular formula is C16H18F3N5O. The zero-order valence-electron chi connectivity index (χ0n) is 13.5. The van der Waals surface area contributed by atoms with Crippen LogP contribution in [-0.4, -0.2) is 28.3 Å². The lowest BCUT2D eigenvalue weighted by atomic mass is 9.85. The Morgan fingerprint density at radius 2 is 2.16 bits per heavy atom. The molecule has 1 amide bonds. The number of halogens is 3. The third-order valence-electron chi connectivity index (χ3n) is 4.66. The molecule has 1 aromatic rings. The van der Waals surface area contributed by atoms with E-state index in [0.717, 1.165) is 0 Å². The zero-order chi connectivity index (χ0) is 18.1. The highest BCUT2D eigenvalue weighted by Gasteiger charge is 2.41. The van der Waals surface area contributed by atoms with Gasteiger partial charge in [-0.25, -0.2) is 0 Å². The van der Waals surface area contributed by atoms with E-state index in [0.29, 0.717) is 44.3 Å². The fraction of sp³-hybridized carbons (Fsp3) is 0.625. The molecule has 1 aromatic heterocycles. The van der Waals surface area contributed by atoms with Gasteiger partial charge in [0.15, 0.2) is 11.4 Å². The monoisotopic (exact) mass is 353 g/mol. The maximum absolute atomic E-state index is 13.0. The van der Waals surface area contributed by atoms with E-state index >= 15 is 0 Å². The summed E-state index contributed by atoms with van der Waals surface area (Å²) < 4.78 is 38.9. The van der Waals surface area contributed by atoms with E-state index in [-0.39, 0.29) is 17.9 Å². The van der Waals surface area contributed by atoms with Gasteiger partial charge < -0.3 is 5.32 Å². The van der Waals surface area contributed by atoms with Gasteiger partial charge in [0.25, 0.3) is 0 Å². The van der Waals surface area contributed by atoms with Gasteiger partial charge in [-0.05, 0) is 19.3 Å². The minimum Gasteiger partial charge on any atom is -0.356 e.